The normalized spacial score (nSPS) is 11.6. The Bertz CT molecular complexity index is 1240. The van der Waals surface area contributed by atoms with Crippen molar-refractivity contribution < 1.29 is 13.2 Å². The van der Waals surface area contributed by atoms with Crippen molar-refractivity contribution in [2.75, 3.05) is 5.32 Å². The first kappa shape index (κ1) is 21.6. The van der Waals surface area contributed by atoms with Crippen molar-refractivity contribution in [2.24, 2.45) is 0 Å². The number of amides is 1. The van der Waals surface area contributed by atoms with E-state index in [-0.39, 0.29) is 21.7 Å². The highest BCUT2D eigenvalue weighted by Crippen LogP contribution is 2.25. The number of rotatable bonds is 6. The molecule has 1 N–H and O–H groups in total. The molecule has 8 nitrogen and oxygen atoms in total. The molecule has 11 heteroatoms. The molecule has 0 unspecified atom stereocenters. The lowest BCUT2D eigenvalue weighted by molar-refractivity contribution is -0.116. The topological polar surface area (TPSA) is 111 Å². The monoisotopic (exact) mass is 542 g/mol. The number of unbranched alkanes of at least 4 members (excludes halogenated alkanes) is 1. The Labute approximate surface area is 183 Å². The van der Waals surface area contributed by atoms with E-state index in [9.17, 15) is 18.0 Å². The summed E-state index contributed by atoms with van der Waals surface area (Å²) in [6.07, 6.45) is 2.07. The van der Waals surface area contributed by atoms with E-state index in [1.807, 2.05) is 6.92 Å². The first-order valence-electron chi connectivity index (χ1n) is 8.64. The molecule has 1 amide bonds. The minimum atomic E-state index is -4.26. The summed E-state index contributed by atoms with van der Waals surface area (Å²) >= 11 is 6.55. The third kappa shape index (κ3) is 4.57. The Morgan fingerprint density at radius 2 is 1.86 bits per heavy atom. The first-order chi connectivity index (χ1) is 13.7. The van der Waals surface area contributed by atoms with Crippen LogP contribution in [-0.4, -0.2) is 28.7 Å². The van der Waals surface area contributed by atoms with Crippen LogP contribution in [-0.2, 0) is 14.8 Å². The zero-order chi connectivity index (χ0) is 21.2. The van der Waals surface area contributed by atoms with Crippen molar-refractivity contribution in [3.8, 4) is 0 Å². The van der Waals surface area contributed by atoms with E-state index >= 15 is 0 Å². The van der Waals surface area contributed by atoms with Crippen LogP contribution in [0.2, 0.25) is 0 Å². The van der Waals surface area contributed by atoms with Crippen LogP contribution in [0.3, 0.4) is 0 Å². The summed E-state index contributed by atoms with van der Waals surface area (Å²) in [6.45, 7) is 1.99. The number of fused-ring (bicyclic) bond motifs is 1. The molecular weight excluding hydrogens is 528 g/mol. The number of hydrogen-bond acceptors (Lipinski definition) is 6. The van der Waals surface area contributed by atoms with Crippen molar-refractivity contribution in [1.29, 1.82) is 0 Å². The molecule has 0 aliphatic carbocycles. The van der Waals surface area contributed by atoms with E-state index in [0.29, 0.717) is 25.1 Å². The third-order valence-corrected chi connectivity index (χ3v) is 6.70. The summed E-state index contributed by atoms with van der Waals surface area (Å²) in [5.41, 5.74) is -0.0846. The van der Waals surface area contributed by atoms with Gasteiger partial charge in [0.25, 0.3) is 15.6 Å². The Morgan fingerprint density at radius 3 is 2.52 bits per heavy atom. The predicted octanol–water partition coefficient (Wildman–Crippen LogP) is 3.68. The summed E-state index contributed by atoms with van der Waals surface area (Å²) in [4.78, 5) is 24.4. The average Bonchev–Trinajstić information content (AvgIpc) is 2.67. The molecule has 1 heterocycles. The second kappa shape index (κ2) is 8.72. The van der Waals surface area contributed by atoms with E-state index < -0.39 is 15.6 Å². The zero-order valence-electron chi connectivity index (χ0n) is 15.2. The molecule has 1 aromatic heterocycles. The Balaban J connectivity index is 1.96. The summed E-state index contributed by atoms with van der Waals surface area (Å²) in [7, 11) is -4.26. The minimum absolute atomic E-state index is 0.102. The molecule has 0 saturated heterocycles. The molecule has 0 spiro atoms. The fourth-order valence-corrected chi connectivity index (χ4v) is 5.02. The van der Waals surface area contributed by atoms with E-state index in [2.05, 4.69) is 47.5 Å². The molecule has 0 fully saturated rings. The fourth-order valence-electron chi connectivity index (χ4n) is 2.59. The van der Waals surface area contributed by atoms with Crippen molar-refractivity contribution in [3.05, 3.63) is 55.7 Å². The maximum atomic E-state index is 12.9. The number of hydrogen-bond donors (Lipinski definition) is 1. The number of nitrogens with one attached hydrogen (secondary N) is 1. The van der Waals surface area contributed by atoms with Crippen LogP contribution in [0.25, 0.3) is 10.9 Å². The maximum absolute atomic E-state index is 12.9. The lowest BCUT2D eigenvalue weighted by Gasteiger charge is -2.09. The zero-order valence-corrected chi connectivity index (χ0v) is 19.2. The molecule has 0 atom stereocenters. The molecule has 0 saturated carbocycles. The minimum Gasteiger partial charge on any atom is -0.326 e. The number of aromatic nitrogens is 3. The number of halogens is 2. The molecular formula is C18H16Br2N4O4S. The van der Waals surface area contributed by atoms with Gasteiger partial charge in [-0.05, 0) is 64.0 Å². The quantitative estimate of drug-likeness (QED) is 0.507. The van der Waals surface area contributed by atoms with Gasteiger partial charge in [-0.2, -0.15) is 8.42 Å². The van der Waals surface area contributed by atoms with Gasteiger partial charge >= 0.3 is 0 Å². The molecule has 0 aliphatic heterocycles. The SMILES string of the molecule is CCCCC(=O)Nc1ccc(S(=O)(=O)n2nnc3c(Br)cc(Br)cc3c2=O)cc1. The fraction of sp³-hybridized carbons (Fsp3) is 0.222. The summed E-state index contributed by atoms with van der Waals surface area (Å²) in [5.74, 6) is -0.143. The molecule has 2 aromatic carbocycles. The summed E-state index contributed by atoms with van der Waals surface area (Å²) < 4.78 is 27.3. The summed E-state index contributed by atoms with van der Waals surface area (Å²) in [5, 5.41) is 10.3. The number of carbonyl (C=O) groups excluding carboxylic acids is 1. The molecule has 3 rings (SSSR count). The lowest BCUT2D eigenvalue weighted by atomic mass is 10.2. The van der Waals surface area contributed by atoms with Crippen LogP contribution in [0, 0.1) is 0 Å². The number of nitrogens with zero attached hydrogens (tertiary/aromatic N) is 3. The Kier molecular flexibility index (Phi) is 6.49. The summed E-state index contributed by atoms with van der Waals surface area (Å²) in [6, 6.07) is 8.70. The molecule has 3 aromatic rings. The van der Waals surface area contributed by atoms with Crippen LogP contribution in [0.15, 0.2) is 55.0 Å². The van der Waals surface area contributed by atoms with Gasteiger partial charge in [-0.1, -0.05) is 33.4 Å². The smallest absolute Gasteiger partial charge is 0.292 e. The second-order valence-corrected chi connectivity index (χ2v) is 9.74. The van der Waals surface area contributed by atoms with Gasteiger partial charge in [0, 0.05) is 21.1 Å². The molecule has 0 aliphatic rings. The van der Waals surface area contributed by atoms with Gasteiger partial charge in [-0.25, -0.2) is 0 Å². The standard InChI is InChI=1S/C18H16Br2N4O4S/c1-2-3-4-16(25)21-12-5-7-13(8-6-12)29(27,28)24-18(26)14-9-11(19)10-15(20)17(14)22-23-24/h5-10H,2-4H2,1H3,(H,21,25). The van der Waals surface area contributed by atoms with Gasteiger partial charge in [0.15, 0.2) is 0 Å². The molecule has 29 heavy (non-hydrogen) atoms. The van der Waals surface area contributed by atoms with E-state index in [1.165, 1.54) is 30.3 Å². The van der Waals surface area contributed by atoms with Crippen molar-refractivity contribution in [1.82, 2.24) is 14.4 Å². The van der Waals surface area contributed by atoms with E-state index in [1.54, 1.807) is 6.07 Å². The van der Waals surface area contributed by atoms with Crippen LogP contribution in [0.1, 0.15) is 26.2 Å². The largest absolute Gasteiger partial charge is 0.326 e. The van der Waals surface area contributed by atoms with Crippen LogP contribution in [0.4, 0.5) is 5.69 Å². The van der Waals surface area contributed by atoms with Gasteiger partial charge in [0.1, 0.15) is 5.52 Å². The number of anilines is 1. The lowest BCUT2D eigenvalue weighted by Crippen LogP contribution is -2.31. The van der Waals surface area contributed by atoms with Crippen LogP contribution >= 0.6 is 31.9 Å². The van der Waals surface area contributed by atoms with Gasteiger partial charge in [0.05, 0.1) is 10.3 Å². The number of carbonyl (C=O) groups is 1. The number of benzene rings is 2. The highest BCUT2D eigenvalue weighted by atomic mass is 79.9. The van der Waals surface area contributed by atoms with Crippen molar-refractivity contribution >= 4 is 64.4 Å². The first-order valence-corrected chi connectivity index (χ1v) is 11.7. The van der Waals surface area contributed by atoms with Crippen molar-refractivity contribution in [3.63, 3.8) is 0 Å². The van der Waals surface area contributed by atoms with Gasteiger partial charge in [-0.15, -0.1) is 5.10 Å². The molecule has 0 bridgehead atoms. The maximum Gasteiger partial charge on any atom is 0.292 e. The van der Waals surface area contributed by atoms with Crippen LogP contribution in [0.5, 0.6) is 0 Å². The van der Waals surface area contributed by atoms with E-state index in [0.717, 1.165) is 12.8 Å². The predicted molar refractivity (Wildman–Crippen MR) is 116 cm³/mol. The third-order valence-electron chi connectivity index (χ3n) is 4.08. The van der Waals surface area contributed by atoms with Gasteiger partial charge in [0.2, 0.25) is 5.91 Å². The molecule has 0 radical (unpaired) electrons. The van der Waals surface area contributed by atoms with Crippen molar-refractivity contribution in [2.45, 2.75) is 31.1 Å². The van der Waals surface area contributed by atoms with Gasteiger partial charge < -0.3 is 5.32 Å². The Morgan fingerprint density at radius 1 is 1.17 bits per heavy atom. The molecule has 152 valence electrons. The Hall–Kier alpha value is -2.11. The highest BCUT2D eigenvalue weighted by Gasteiger charge is 2.22. The van der Waals surface area contributed by atoms with Crippen LogP contribution < -0.4 is 10.9 Å². The highest BCUT2D eigenvalue weighted by molar-refractivity contribution is 9.11. The second-order valence-electron chi connectivity index (χ2n) is 6.20. The average molecular weight is 544 g/mol. The van der Waals surface area contributed by atoms with E-state index in [4.69, 9.17) is 0 Å². The van der Waals surface area contributed by atoms with Gasteiger partial charge in [-0.3, -0.25) is 9.59 Å².